The Hall–Kier alpha value is -1.11. The summed E-state index contributed by atoms with van der Waals surface area (Å²) in [6.45, 7) is 8.04. The molecule has 1 aromatic rings. The molecule has 0 amide bonds. The minimum Gasteiger partial charge on any atom is -0.299 e. The average Bonchev–Trinajstić information content (AvgIpc) is 2.27. The molecule has 1 unspecified atom stereocenters. The van der Waals surface area contributed by atoms with E-state index >= 15 is 0 Å². The molecule has 1 aromatic carbocycles. The number of Topliss-reactive ketones (excluding diaryl/α,β-unsaturated/α-hetero) is 1. The Morgan fingerprint density at radius 3 is 2.07 bits per heavy atom. The molecule has 0 aliphatic rings. The number of rotatable bonds is 4. The first-order valence-electron chi connectivity index (χ1n) is 5.68. The summed E-state index contributed by atoms with van der Waals surface area (Å²) in [6, 6.07) is 8.37. The van der Waals surface area contributed by atoms with Gasteiger partial charge in [0.2, 0.25) is 0 Å². The molecule has 1 rings (SSSR count). The summed E-state index contributed by atoms with van der Waals surface area (Å²) in [6.07, 6.45) is 1.05. The van der Waals surface area contributed by atoms with Crippen molar-refractivity contribution >= 4 is 5.78 Å². The van der Waals surface area contributed by atoms with Gasteiger partial charge in [0, 0.05) is 11.8 Å². The van der Waals surface area contributed by atoms with Gasteiger partial charge in [0.05, 0.1) is 0 Å². The smallest absolute Gasteiger partial charge is 0.142 e. The molecular formula is C14H20O. The second-order valence-corrected chi connectivity index (χ2v) is 4.37. The lowest BCUT2D eigenvalue weighted by Crippen LogP contribution is -2.15. The molecule has 0 bridgehead atoms. The van der Waals surface area contributed by atoms with Crippen LogP contribution in [0.4, 0.5) is 0 Å². The Balaban J connectivity index is 2.82. The molecule has 0 aliphatic heterocycles. The fourth-order valence-corrected chi connectivity index (χ4v) is 1.71. The van der Waals surface area contributed by atoms with Gasteiger partial charge in [-0.1, -0.05) is 52.0 Å². The maximum atomic E-state index is 11.8. The number of hydrogen-bond donors (Lipinski definition) is 0. The first kappa shape index (κ1) is 12.0. The van der Waals surface area contributed by atoms with Gasteiger partial charge in [-0.25, -0.2) is 0 Å². The van der Waals surface area contributed by atoms with E-state index in [-0.39, 0.29) is 11.8 Å². The molecule has 1 nitrogen and oxygen atoms in total. The van der Waals surface area contributed by atoms with E-state index in [1.807, 2.05) is 20.8 Å². The van der Waals surface area contributed by atoms with Crippen LogP contribution >= 0.6 is 0 Å². The van der Waals surface area contributed by atoms with Crippen LogP contribution in [0.1, 0.15) is 44.7 Å². The largest absolute Gasteiger partial charge is 0.299 e. The van der Waals surface area contributed by atoms with Gasteiger partial charge in [-0.2, -0.15) is 0 Å². The van der Waals surface area contributed by atoms with Crippen molar-refractivity contribution in [3.63, 3.8) is 0 Å². The van der Waals surface area contributed by atoms with Crippen LogP contribution in [-0.2, 0) is 11.2 Å². The topological polar surface area (TPSA) is 17.1 Å². The van der Waals surface area contributed by atoms with Crippen molar-refractivity contribution in [1.29, 1.82) is 0 Å². The van der Waals surface area contributed by atoms with Crippen LogP contribution in [0.25, 0.3) is 0 Å². The van der Waals surface area contributed by atoms with Crippen molar-refractivity contribution in [2.24, 2.45) is 5.92 Å². The van der Waals surface area contributed by atoms with E-state index in [4.69, 9.17) is 0 Å². The Bertz CT molecular complexity index is 322. The van der Waals surface area contributed by atoms with Gasteiger partial charge in [0.15, 0.2) is 0 Å². The Labute approximate surface area is 92.5 Å². The number of carbonyl (C=O) groups excluding carboxylic acids is 1. The molecule has 0 N–H and O–H groups in total. The van der Waals surface area contributed by atoms with Crippen molar-refractivity contribution in [3.8, 4) is 0 Å². The summed E-state index contributed by atoms with van der Waals surface area (Å²) < 4.78 is 0. The Morgan fingerprint density at radius 1 is 1.13 bits per heavy atom. The number of aryl methyl sites for hydroxylation is 1. The summed E-state index contributed by atoms with van der Waals surface area (Å²) in [4.78, 5) is 11.8. The van der Waals surface area contributed by atoms with E-state index in [0.29, 0.717) is 5.78 Å². The van der Waals surface area contributed by atoms with E-state index in [1.165, 1.54) is 5.56 Å². The molecule has 1 atom stereocenters. The van der Waals surface area contributed by atoms with Crippen LogP contribution in [0.15, 0.2) is 24.3 Å². The number of benzene rings is 1. The predicted molar refractivity (Wildman–Crippen MR) is 64.1 cm³/mol. The van der Waals surface area contributed by atoms with Gasteiger partial charge in [0.25, 0.3) is 0 Å². The van der Waals surface area contributed by atoms with Crippen LogP contribution in [-0.4, -0.2) is 5.78 Å². The van der Waals surface area contributed by atoms with E-state index in [9.17, 15) is 4.79 Å². The fraction of sp³-hybridized carbons (Fsp3) is 0.500. The molecule has 0 aliphatic carbocycles. The first-order valence-corrected chi connectivity index (χ1v) is 5.68. The van der Waals surface area contributed by atoms with E-state index in [0.717, 1.165) is 12.0 Å². The summed E-state index contributed by atoms with van der Waals surface area (Å²) in [5, 5.41) is 0. The lowest BCUT2D eigenvalue weighted by molar-refractivity contribution is -0.123. The highest BCUT2D eigenvalue weighted by Crippen LogP contribution is 2.20. The lowest BCUT2D eigenvalue weighted by Gasteiger charge is -2.13. The number of carbonyl (C=O) groups is 1. The van der Waals surface area contributed by atoms with Gasteiger partial charge in [-0.15, -0.1) is 0 Å². The molecule has 0 fully saturated rings. The summed E-state index contributed by atoms with van der Waals surface area (Å²) in [5.41, 5.74) is 2.45. The monoisotopic (exact) mass is 204 g/mol. The lowest BCUT2D eigenvalue weighted by atomic mass is 9.90. The second-order valence-electron chi connectivity index (χ2n) is 4.37. The third-order valence-corrected chi connectivity index (χ3v) is 2.88. The summed E-state index contributed by atoms with van der Waals surface area (Å²) >= 11 is 0. The van der Waals surface area contributed by atoms with Gasteiger partial charge in [0.1, 0.15) is 5.78 Å². The van der Waals surface area contributed by atoms with Crippen molar-refractivity contribution in [2.75, 3.05) is 0 Å². The Kier molecular flexibility index (Phi) is 4.07. The predicted octanol–water partition coefficient (Wildman–Crippen LogP) is 3.58. The number of hydrogen-bond acceptors (Lipinski definition) is 1. The van der Waals surface area contributed by atoms with Crippen molar-refractivity contribution in [1.82, 2.24) is 0 Å². The summed E-state index contributed by atoms with van der Waals surface area (Å²) in [7, 11) is 0. The van der Waals surface area contributed by atoms with Crippen LogP contribution in [0, 0.1) is 5.92 Å². The summed E-state index contributed by atoms with van der Waals surface area (Å²) in [5.74, 6) is 0.459. The van der Waals surface area contributed by atoms with Crippen molar-refractivity contribution in [3.05, 3.63) is 35.4 Å². The maximum Gasteiger partial charge on any atom is 0.142 e. The van der Waals surface area contributed by atoms with Gasteiger partial charge in [-0.05, 0) is 17.5 Å². The highest BCUT2D eigenvalue weighted by Gasteiger charge is 2.17. The van der Waals surface area contributed by atoms with Crippen LogP contribution < -0.4 is 0 Å². The zero-order chi connectivity index (χ0) is 11.4. The van der Waals surface area contributed by atoms with Gasteiger partial charge >= 0.3 is 0 Å². The van der Waals surface area contributed by atoms with Crippen LogP contribution in [0.2, 0.25) is 0 Å². The van der Waals surface area contributed by atoms with E-state index < -0.39 is 0 Å². The van der Waals surface area contributed by atoms with Crippen molar-refractivity contribution < 1.29 is 4.79 Å². The molecule has 82 valence electrons. The minimum absolute atomic E-state index is 0.0240. The molecule has 15 heavy (non-hydrogen) atoms. The van der Waals surface area contributed by atoms with E-state index in [1.54, 1.807) is 0 Å². The zero-order valence-electron chi connectivity index (χ0n) is 10.1. The minimum atomic E-state index is 0.0240. The molecule has 0 aromatic heterocycles. The second kappa shape index (κ2) is 5.11. The maximum absolute atomic E-state index is 11.8. The quantitative estimate of drug-likeness (QED) is 0.732. The molecule has 0 radical (unpaired) electrons. The standard InChI is InChI=1S/C14H20O/c1-5-12-6-8-13(9-7-12)11(4)14(15)10(2)3/h6-11H,5H2,1-4H3. The third kappa shape index (κ3) is 2.92. The van der Waals surface area contributed by atoms with Gasteiger partial charge < -0.3 is 0 Å². The van der Waals surface area contributed by atoms with Crippen LogP contribution in [0.5, 0.6) is 0 Å². The fourth-order valence-electron chi connectivity index (χ4n) is 1.71. The van der Waals surface area contributed by atoms with Gasteiger partial charge in [-0.3, -0.25) is 4.79 Å². The molecule has 0 saturated carbocycles. The highest BCUT2D eigenvalue weighted by molar-refractivity contribution is 5.86. The molecule has 0 spiro atoms. The van der Waals surface area contributed by atoms with E-state index in [2.05, 4.69) is 31.2 Å². The first-order chi connectivity index (χ1) is 7.06. The normalized spacial score (nSPS) is 12.9. The zero-order valence-corrected chi connectivity index (χ0v) is 10.1. The average molecular weight is 204 g/mol. The van der Waals surface area contributed by atoms with Crippen molar-refractivity contribution in [2.45, 2.75) is 40.0 Å². The third-order valence-electron chi connectivity index (χ3n) is 2.88. The number of ketones is 1. The highest BCUT2D eigenvalue weighted by atomic mass is 16.1. The molecule has 0 saturated heterocycles. The SMILES string of the molecule is CCc1ccc(C(C)C(=O)C(C)C)cc1. The van der Waals surface area contributed by atoms with Crippen LogP contribution in [0.3, 0.4) is 0 Å². The molecule has 1 heteroatoms. The molecule has 0 heterocycles. The molecular weight excluding hydrogens is 184 g/mol. The Morgan fingerprint density at radius 2 is 1.67 bits per heavy atom.